The Morgan fingerprint density at radius 3 is 2.82 bits per heavy atom. The minimum absolute atomic E-state index is 0.336. The second-order valence-corrected chi connectivity index (χ2v) is 4.48. The van der Waals surface area contributed by atoms with Gasteiger partial charge in [-0.2, -0.15) is 4.98 Å². The summed E-state index contributed by atoms with van der Waals surface area (Å²) in [6.45, 7) is 0. The summed E-state index contributed by atoms with van der Waals surface area (Å²) in [6, 6.07) is 7.26. The highest BCUT2D eigenvalue weighted by Crippen LogP contribution is 2.27. The second-order valence-electron chi connectivity index (χ2n) is 3.16. The normalized spacial score (nSPS) is 10.1. The van der Waals surface area contributed by atoms with E-state index in [0.29, 0.717) is 16.8 Å². The molecule has 2 aromatic rings. The molecule has 1 aromatic carbocycles. The fourth-order valence-corrected chi connectivity index (χ4v) is 1.95. The standard InChI is InChI=1S/C10H9BrClN5/c11-6-1-2-8(7(12)5-6)15-9-3-4-14-10(16-9)17-13/h1-5H,13H2,(H2,14,15,16,17). The molecule has 0 unspecified atom stereocenters. The molecule has 0 saturated heterocycles. The second kappa shape index (κ2) is 5.31. The van der Waals surface area contributed by atoms with E-state index in [1.165, 1.54) is 0 Å². The van der Waals surface area contributed by atoms with Crippen molar-refractivity contribution in [2.75, 3.05) is 10.7 Å². The third kappa shape index (κ3) is 3.06. The van der Waals surface area contributed by atoms with E-state index in [4.69, 9.17) is 17.4 Å². The van der Waals surface area contributed by atoms with Gasteiger partial charge in [0.15, 0.2) is 0 Å². The molecule has 4 N–H and O–H groups in total. The molecule has 7 heteroatoms. The summed E-state index contributed by atoms with van der Waals surface area (Å²) >= 11 is 9.42. The lowest BCUT2D eigenvalue weighted by atomic mass is 10.3. The largest absolute Gasteiger partial charge is 0.339 e. The number of nitrogens with one attached hydrogen (secondary N) is 2. The molecule has 0 aliphatic heterocycles. The van der Waals surface area contributed by atoms with Crippen LogP contribution in [0.2, 0.25) is 5.02 Å². The van der Waals surface area contributed by atoms with Gasteiger partial charge in [0, 0.05) is 10.7 Å². The van der Waals surface area contributed by atoms with Crippen LogP contribution in [0.5, 0.6) is 0 Å². The summed E-state index contributed by atoms with van der Waals surface area (Å²) < 4.78 is 0.917. The minimum atomic E-state index is 0.336. The SMILES string of the molecule is NNc1nccc(Nc2ccc(Br)cc2Cl)n1. The minimum Gasteiger partial charge on any atom is -0.339 e. The van der Waals surface area contributed by atoms with E-state index in [2.05, 4.69) is 36.6 Å². The molecule has 2 rings (SSSR count). The number of nitrogens with two attached hydrogens (primary N) is 1. The van der Waals surface area contributed by atoms with E-state index in [1.54, 1.807) is 18.3 Å². The summed E-state index contributed by atoms with van der Waals surface area (Å²) in [4.78, 5) is 8.03. The molecule has 0 aliphatic carbocycles. The lowest BCUT2D eigenvalue weighted by Crippen LogP contribution is -2.10. The van der Waals surface area contributed by atoms with Gasteiger partial charge < -0.3 is 5.32 Å². The number of nitrogen functional groups attached to an aromatic ring is 1. The molecule has 1 aromatic heterocycles. The third-order valence-corrected chi connectivity index (χ3v) is 2.78. The van der Waals surface area contributed by atoms with Gasteiger partial charge in [-0.05, 0) is 24.3 Å². The van der Waals surface area contributed by atoms with Crippen molar-refractivity contribution in [1.29, 1.82) is 0 Å². The Morgan fingerprint density at radius 2 is 2.12 bits per heavy atom. The maximum absolute atomic E-state index is 6.08. The lowest BCUT2D eigenvalue weighted by Gasteiger charge is -2.08. The number of nitrogens with zero attached hydrogens (tertiary/aromatic N) is 2. The maximum atomic E-state index is 6.08. The van der Waals surface area contributed by atoms with Gasteiger partial charge in [-0.15, -0.1) is 0 Å². The Bertz CT molecular complexity index is 534. The first-order chi connectivity index (χ1) is 8.19. The predicted octanol–water partition coefficient (Wildman–Crippen LogP) is 2.92. The molecule has 17 heavy (non-hydrogen) atoms. The van der Waals surface area contributed by atoms with Crippen LogP contribution in [0, 0.1) is 0 Å². The molecule has 0 bridgehead atoms. The molecule has 0 spiro atoms. The molecule has 0 atom stereocenters. The van der Waals surface area contributed by atoms with Crippen molar-refractivity contribution < 1.29 is 0 Å². The van der Waals surface area contributed by atoms with Gasteiger partial charge >= 0.3 is 0 Å². The summed E-state index contributed by atoms with van der Waals surface area (Å²) in [5.41, 5.74) is 3.13. The van der Waals surface area contributed by atoms with Crippen molar-refractivity contribution in [3.8, 4) is 0 Å². The lowest BCUT2D eigenvalue weighted by molar-refractivity contribution is 1.12. The number of hydrogen-bond acceptors (Lipinski definition) is 5. The van der Waals surface area contributed by atoms with E-state index >= 15 is 0 Å². The maximum Gasteiger partial charge on any atom is 0.239 e. The summed E-state index contributed by atoms with van der Waals surface area (Å²) in [5.74, 6) is 6.17. The van der Waals surface area contributed by atoms with E-state index in [0.717, 1.165) is 10.2 Å². The van der Waals surface area contributed by atoms with Gasteiger partial charge in [-0.25, -0.2) is 10.8 Å². The van der Waals surface area contributed by atoms with Crippen molar-refractivity contribution >= 4 is 45.0 Å². The van der Waals surface area contributed by atoms with Crippen LogP contribution in [0.1, 0.15) is 0 Å². The zero-order chi connectivity index (χ0) is 12.3. The van der Waals surface area contributed by atoms with Gasteiger partial charge in [0.1, 0.15) is 5.82 Å². The fraction of sp³-hybridized carbons (Fsp3) is 0. The van der Waals surface area contributed by atoms with Crippen LogP contribution in [0.4, 0.5) is 17.5 Å². The number of aromatic nitrogens is 2. The van der Waals surface area contributed by atoms with Gasteiger partial charge in [-0.3, -0.25) is 5.43 Å². The zero-order valence-electron chi connectivity index (χ0n) is 8.61. The van der Waals surface area contributed by atoms with Crippen LogP contribution in [-0.4, -0.2) is 9.97 Å². The van der Waals surface area contributed by atoms with Crippen molar-refractivity contribution in [2.24, 2.45) is 5.84 Å². The van der Waals surface area contributed by atoms with E-state index in [1.807, 2.05) is 12.1 Å². The molecular weight excluding hydrogens is 306 g/mol. The number of benzene rings is 1. The van der Waals surface area contributed by atoms with Crippen LogP contribution in [-0.2, 0) is 0 Å². The summed E-state index contributed by atoms with van der Waals surface area (Å²) in [6.07, 6.45) is 1.59. The van der Waals surface area contributed by atoms with Crippen LogP contribution < -0.4 is 16.6 Å². The average molecular weight is 315 g/mol. The quantitative estimate of drug-likeness (QED) is 0.600. The molecule has 1 heterocycles. The Labute approximate surface area is 112 Å². The Morgan fingerprint density at radius 1 is 1.29 bits per heavy atom. The van der Waals surface area contributed by atoms with Crippen molar-refractivity contribution in [3.05, 3.63) is 40.0 Å². The monoisotopic (exact) mass is 313 g/mol. The van der Waals surface area contributed by atoms with Crippen LogP contribution in [0.25, 0.3) is 0 Å². The first kappa shape index (κ1) is 12.1. The summed E-state index contributed by atoms with van der Waals surface area (Å²) in [5, 5.41) is 3.67. The molecule has 0 amide bonds. The molecule has 5 nitrogen and oxygen atoms in total. The van der Waals surface area contributed by atoms with Gasteiger partial charge in [0.25, 0.3) is 0 Å². The van der Waals surface area contributed by atoms with Crippen LogP contribution >= 0.6 is 27.5 Å². The van der Waals surface area contributed by atoms with Crippen molar-refractivity contribution in [3.63, 3.8) is 0 Å². The number of rotatable bonds is 3. The van der Waals surface area contributed by atoms with Crippen LogP contribution in [0.15, 0.2) is 34.9 Å². The highest BCUT2D eigenvalue weighted by Gasteiger charge is 2.03. The molecule has 0 saturated carbocycles. The van der Waals surface area contributed by atoms with E-state index in [9.17, 15) is 0 Å². The van der Waals surface area contributed by atoms with E-state index in [-0.39, 0.29) is 0 Å². The topological polar surface area (TPSA) is 75.9 Å². The third-order valence-electron chi connectivity index (χ3n) is 1.98. The molecule has 0 aliphatic rings. The van der Waals surface area contributed by atoms with Crippen LogP contribution in [0.3, 0.4) is 0 Å². The predicted molar refractivity (Wildman–Crippen MR) is 72.3 cm³/mol. The fourth-order valence-electron chi connectivity index (χ4n) is 1.23. The summed E-state index contributed by atoms with van der Waals surface area (Å²) in [7, 11) is 0. The van der Waals surface area contributed by atoms with Gasteiger partial charge in [0.2, 0.25) is 5.95 Å². The van der Waals surface area contributed by atoms with Gasteiger partial charge in [0.05, 0.1) is 10.7 Å². The molecule has 88 valence electrons. The number of hydrogen-bond donors (Lipinski definition) is 3. The van der Waals surface area contributed by atoms with Gasteiger partial charge in [-0.1, -0.05) is 27.5 Å². The molecule has 0 fully saturated rings. The Balaban J connectivity index is 2.25. The smallest absolute Gasteiger partial charge is 0.239 e. The zero-order valence-corrected chi connectivity index (χ0v) is 11.0. The van der Waals surface area contributed by atoms with Crippen molar-refractivity contribution in [1.82, 2.24) is 9.97 Å². The first-order valence-electron chi connectivity index (χ1n) is 4.71. The van der Waals surface area contributed by atoms with E-state index < -0.39 is 0 Å². The average Bonchev–Trinajstić information content (AvgIpc) is 2.33. The number of anilines is 3. The number of hydrazine groups is 1. The Hall–Kier alpha value is -1.37. The Kier molecular flexibility index (Phi) is 3.78. The highest BCUT2D eigenvalue weighted by molar-refractivity contribution is 9.10. The first-order valence-corrected chi connectivity index (χ1v) is 5.88. The molecular formula is C10H9BrClN5. The highest BCUT2D eigenvalue weighted by atomic mass is 79.9. The van der Waals surface area contributed by atoms with Crippen molar-refractivity contribution in [2.45, 2.75) is 0 Å². The molecule has 0 radical (unpaired) electrons. The number of halogens is 2.